The van der Waals surface area contributed by atoms with Crippen LogP contribution < -0.4 is 0 Å². The van der Waals surface area contributed by atoms with Gasteiger partial charge in [-0.25, -0.2) is 8.42 Å². The van der Waals surface area contributed by atoms with Gasteiger partial charge in [-0.2, -0.15) is 0 Å². The minimum Gasteiger partial charge on any atom is -0.212 e. The van der Waals surface area contributed by atoms with Crippen molar-refractivity contribution in [3.8, 4) is 0 Å². The SMILES string of the molecule is C=CCS(=O)(=O)Cl. The molecular formula is C3H5ClO2S. The van der Waals surface area contributed by atoms with E-state index in [9.17, 15) is 8.42 Å². The molecule has 0 aliphatic rings. The normalized spacial score (nSPS) is 11.0. The first kappa shape index (κ1) is 6.98. The smallest absolute Gasteiger partial charge is 0.212 e. The predicted molar refractivity (Wildman–Crippen MR) is 29.8 cm³/mol. The third kappa shape index (κ3) is 5.98. The van der Waals surface area contributed by atoms with Crippen molar-refractivity contribution in [1.82, 2.24) is 0 Å². The molecule has 0 saturated heterocycles. The Morgan fingerprint density at radius 2 is 2.14 bits per heavy atom. The highest BCUT2D eigenvalue weighted by Gasteiger charge is 1.97. The summed E-state index contributed by atoms with van der Waals surface area (Å²) in [5, 5.41) is 0. The Hall–Kier alpha value is -0.0200. The molecule has 0 aliphatic carbocycles. The number of rotatable bonds is 2. The summed E-state index contributed by atoms with van der Waals surface area (Å²) in [7, 11) is 1.41. The van der Waals surface area contributed by atoms with Gasteiger partial charge in [0.05, 0.1) is 5.75 Å². The average Bonchev–Trinajstić information content (AvgIpc) is 1.30. The molecule has 0 atom stereocenters. The van der Waals surface area contributed by atoms with E-state index in [0.717, 1.165) is 0 Å². The predicted octanol–water partition coefficient (Wildman–Crippen LogP) is 0.741. The van der Waals surface area contributed by atoms with Gasteiger partial charge in [0.2, 0.25) is 9.05 Å². The van der Waals surface area contributed by atoms with Gasteiger partial charge in [0, 0.05) is 10.7 Å². The maximum Gasteiger partial charge on any atom is 0.236 e. The molecule has 0 aromatic carbocycles. The monoisotopic (exact) mass is 140 g/mol. The van der Waals surface area contributed by atoms with Gasteiger partial charge in [-0.1, -0.05) is 6.08 Å². The molecule has 0 amide bonds. The van der Waals surface area contributed by atoms with Crippen LogP contribution in [-0.2, 0) is 9.05 Å². The van der Waals surface area contributed by atoms with E-state index in [2.05, 4.69) is 6.58 Å². The molecule has 7 heavy (non-hydrogen) atoms. The topological polar surface area (TPSA) is 34.1 Å². The Bertz CT molecular complexity index is 146. The first-order valence-electron chi connectivity index (χ1n) is 1.59. The molecule has 0 aromatic rings. The second kappa shape index (κ2) is 2.33. The molecule has 0 heterocycles. The zero-order valence-corrected chi connectivity index (χ0v) is 5.17. The summed E-state index contributed by atoms with van der Waals surface area (Å²) in [6.45, 7) is 3.18. The number of halogens is 1. The van der Waals surface area contributed by atoms with Crippen LogP contribution in [0.2, 0.25) is 0 Å². The Balaban J connectivity index is 3.84. The lowest BCUT2D eigenvalue weighted by atomic mass is 10.8. The zero-order chi connectivity index (χ0) is 5.91. The molecule has 42 valence electrons. The quantitative estimate of drug-likeness (QED) is 0.419. The molecule has 0 bridgehead atoms. The molecule has 2 nitrogen and oxygen atoms in total. The van der Waals surface area contributed by atoms with E-state index in [-0.39, 0.29) is 5.75 Å². The summed E-state index contributed by atoms with van der Waals surface area (Å²) >= 11 is 0. The second-order valence-corrected chi connectivity index (χ2v) is 3.82. The Morgan fingerprint density at radius 3 is 2.14 bits per heavy atom. The van der Waals surface area contributed by atoms with Crippen molar-refractivity contribution < 1.29 is 8.42 Å². The molecule has 0 spiro atoms. The van der Waals surface area contributed by atoms with Gasteiger partial charge in [-0.15, -0.1) is 6.58 Å². The van der Waals surface area contributed by atoms with Crippen LogP contribution >= 0.6 is 10.7 Å². The fourth-order valence-electron chi connectivity index (χ4n) is 0.141. The van der Waals surface area contributed by atoms with Crippen molar-refractivity contribution in [2.75, 3.05) is 5.75 Å². The lowest BCUT2D eigenvalue weighted by Crippen LogP contribution is -1.90. The van der Waals surface area contributed by atoms with Crippen LogP contribution in [0.5, 0.6) is 0 Å². The molecule has 0 rings (SSSR count). The van der Waals surface area contributed by atoms with E-state index in [1.54, 1.807) is 0 Å². The third-order valence-corrected chi connectivity index (χ3v) is 1.33. The number of hydrogen-bond acceptors (Lipinski definition) is 2. The molecular weight excluding hydrogens is 136 g/mol. The molecule has 0 aromatic heterocycles. The lowest BCUT2D eigenvalue weighted by molar-refractivity contribution is 0.612. The summed E-state index contributed by atoms with van der Waals surface area (Å²) in [5.74, 6) is -0.158. The summed E-state index contributed by atoms with van der Waals surface area (Å²) in [6, 6.07) is 0. The van der Waals surface area contributed by atoms with Gasteiger partial charge in [0.1, 0.15) is 0 Å². The molecule has 0 N–H and O–H groups in total. The molecule has 4 heteroatoms. The summed E-state index contributed by atoms with van der Waals surface area (Å²) in [6.07, 6.45) is 1.24. The van der Waals surface area contributed by atoms with Crippen molar-refractivity contribution in [3.05, 3.63) is 12.7 Å². The van der Waals surface area contributed by atoms with Crippen LogP contribution in [0.3, 0.4) is 0 Å². The Kier molecular flexibility index (Phi) is 2.32. The van der Waals surface area contributed by atoms with Gasteiger partial charge in [-0.3, -0.25) is 0 Å². The van der Waals surface area contributed by atoms with E-state index in [4.69, 9.17) is 10.7 Å². The van der Waals surface area contributed by atoms with Crippen LogP contribution in [0.15, 0.2) is 12.7 Å². The molecule has 0 radical (unpaired) electrons. The average molecular weight is 141 g/mol. The largest absolute Gasteiger partial charge is 0.236 e. The van der Waals surface area contributed by atoms with Crippen molar-refractivity contribution in [2.24, 2.45) is 0 Å². The molecule has 0 saturated carbocycles. The minimum atomic E-state index is -3.32. The van der Waals surface area contributed by atoms with Gasteiger partial charge in [-0.05, 0) is 0 Å². The molecule has 0 aliphatic heterocycles. The van der Waals surface area contributed by atoms with Gasteiger partial charge >= 0.3 is 0 Å². The maximum atomic E-state index is 9.93. The highest BCUT2D eigenvalue weighted by Crippen LogP contribution is 1.93. The minimum absolute atomic E-state index is 0.158. The third-order valence-electron chi connectivity index (χ3n) is 0.317. The van der Waals surface area contributed by atoms with E-state index in [1.807, 2.05) is 0 Å². The standard InChI is InChI=1S/C3H5ClO2S/c1-2-3-7(4,5)6/h2H,1,3H2. The van der Waals surface area contributed by atoms with Crippen LogP contribution in [-0.4, -0.2) is 14.2 Å². The van der Waals surface area contributed by atoms with E-state index in [1.165, 1.54) is 6.08 Å². The van der Waals surface area contributed by atoms with Crippen LogP contribution in [0, 0.1) is 0 Å². The first-order chi connectivity index (χ1) is 3.06. The Morgan fingerprint density at radius 1 is 1.71 bits per heavy atom. The van der Waals surface area contributed by atoms with Gasteiger partial charge in [0.25, 0.3) is 0 Å². The fourth-order valence-corrected chi connectivity index (χ4v) is 0.690. The fraction of sp³-hybridized carbons (Fsp3) is 0.333. The number of hydrogen-bond donors (Lipinski definition) is 0. The highest BCUT2D eigenvalue weighted by atomic mass is 35.7. The summed E-state index contributed by atoms with van der Waals surface area (Å²) in [5.41, 5.74) is 0. The van der Waals surface area contributed by atoms with Crippen molar-refractivity contribution in [1.29, 1.82) is 0 Å². The van der Waals surface area contributed by atoms with Crippen LogP contribution in [0.4, 0.5) is 0 Å². The van der Waals surface area contributed by atoms with E-state index in [0.29, 0.717) is 0 Å². The first-order valence-corrected chi connectivity index (χ1v) is 4.07. The van der Waals surface area contributed by atoms with Crippen LogP contribution in [0.25, 0.3) is 0 Å². The maximum absolute atomic E-state index is 9.93. The Labute approximate surface area is 47.2 Å². The van der Waals surface area contributed by atoms with Gasteiger partial charge in [0.15, 0.2) is 0 Å². The second-order valence-electron chi connectivity index (χ2n) is 0.994. The van der Waals surface area contributed by atoms with E-state index < -0.39 is 9.05 Å². The highest BCUT2D eigenvalue weighted by molar-refractivity contribution is 8.13. The van der Waals surface area contributed by atoms with E-state index >= 15 is 0 Å². The van der Waals surface area contributed by atoms with Crippen molar-refractivity contribution >= 4 is 19.7 Å². The van der Waals surface area contributed by atoms with Crippen molar-refractivity contribution in [2.45, 2.75) is 0 Å². The summed E-state index contributed by atoms with van der Waals surface area (Å²) in [4.78, 5) is 0. The van der Waals surface area contributed by atoms with Crippen LogP contribution in [0.1, 0.15) is 0 Å². The molecule has 0 unspecified atom stereocenters. The summed E-state index contributed by atoms with van der Waals surface area (Å²) < 4.78 is 19.9. The van der Waals surface area contributed by atoms with Crippen molar-refractivity contribution in [3.63, 3.8) is 0 Å². The molecule has 0 fully saturated rings. The zero-order valence-electron chi connectivity index (χ0n) is 3.59. The van der Waals surface area contributed by atoms with Gasteiger partial charge < -0.3 is 0 Å². The lowest BCUT2D eigenvalue weighted by Gasteiger charge is -1.79.